The number of nitrogens with one attached hydrogen (secondary N) is 1. The molecule has 62 valence electrons. The number of hydrogen-bond acceptors (Lipinski definition) is 3. The zero-order chi connectivity index (χ0) is 8.55. The summed E-state index contributed by atoms with van der Waals surface area (Å²) in [5.41, 5.74) is 0.298. The number of fused-ring (bicyclic) bond motifs is 1. The minimum Gasteiger partial charge on any atom is -0.497 e. The average molecular weight is 165 g/mol. The Morgan fingerprint density at radius 1 is 1.50 bits per heavy atom. The number of rotatable bonds is 1. The maximum absolute atomic E-state index is 10.9. The second-order valence-electron chi connectivity index (χ2n) is 2.40. The molecular formula is C8H7NO3. The fourth-order valence-corrected chi connectivity index (χ4v) is 1.07. The lowest BCUT2D eigenvalue weighted by molar-refractivity contribution is 0.398. The molecule has 12 heavy (non-hydrogen) atoms. The number of H-pyrrole nitrogens is 1. The Bertz CT molecular complexity index is 455. The van der Waals surface area contributed by atoms with Crippen LogP contribution in [-0.2, 0) is 0 Å². The van der Waals surface area contributed by atoms with Crippen LogP contribution in [0.15, 0.2) is 27.5 Å². The van der Waals surface area contributed by atoms with E-state index in [4.69, 9.17) is 4.74 Å². The number of ether oxygens (including phenoxy) is 1. The van der Waals surface area contributed by atoms with Crippen molar-refractivity contribution in [2.75, 3.05) is 7.11 Å². The van der Waals surface area contributed by atoms with Crippen LogP contribution in [0.1, 0.15) is 0 Å². The van der Waals surface area contributed by atoms with E-state index in [9.17, 15) is 4.79 Å². The van der Waals surface area contributed by atoms with E-state index in [-0.39, 0.29) is 5.63 Å². The molecule has 2 rings (SSSR count). The highest BCUT2D eigenvalue weighted by Crippen LogP contribution is 2.15. The molecule has 2 aromatic rings. The molecule has 0 unspecified atom stereocenters. The van der Waals surface area contributed by atoms with Crippen LogP contribution in [0.4, 0.5) is 0 Å². The summed E-state index contributed by atoms with van der Waals surface area (Å²) in [4.78, 5) is 10.9. The van der Waals surface area contributed by atoms with Crippen molar-refractivity contribution in [2.24, 2.45) is 0 Å². The van der Waals surface area contributed by atoms with Crippen LogP contribution in [0.5, 0.6) is 5.75 Å². The molecule has 0 aliphatic heterocycles. The SMILES string of the molecule is COc1ccc2c(=O)o[nH]c2c1. The van der Waals surface area contributed by atoms with Crippen LogP contribution in [0, 0.1) is 0 Å². The fourth-order valence-electron chi connectivity index (χ4n) is 1.07. The minimum atomic E-state index is -0.354. The smallest absolute Gasteiger partial charge is 0.365 e. The quantitative estimate of drug-likeness (QED) is 0.689. The van der Waals surface area contributed by atoms with Gasteiger partial charge in [-0.15, -0.1) is 0 Å². The molecule has 0 bridgehead atoms. The van der Waals surface area contributed by atoms with Gasteiger partial charge in [0.1, 0.15) is 5.75 Å². The van der Waals surface area contributed by atoms with E-state index in [0.29, 0.717) is 16.7 Å². The maximum atomic E-state index is 10.9. The maximum Gasteiger partial charge on any atom is 0.365 e. The molecule has 0 atom stereocenters. The molecule has 0 saturated carbocycles. The minimum absolute atomic E-state index is 0.354. The summed E-state index contributed by atoms with van der Waals surface area (Å²) in [7, 11) is 1.57. The molecule has 4 heteroatoms. The molecular weight excluding hydrogens is 158 g/mol. The van der Waals surface area contributed by atoms with Crippen molar-refractivity contribution in [1.29, 1.82) is 0 Å². The van der Waals surface area contributed by atoms with E-state index in [0.717, 1.165) is 0 Å². The summed E-state index contributed by atoms with van der Waals surface area (Å²) < 4.78 is 9.55. The summed E-state index contributed by atoms with van der Waals surface area (Å²) >= 11 is 0. The van der Waals surface area contributed by atoms with E-state index in [1.807, 2.05) is 0 Å². The van der Waals surface area contributed by atoms with Gasteiger partial charge in [-0.05, 0) is 12.1 Å². The highest BCUT2D eigenvalue weighted by atomic mass is 16.5. The Morgan fingerprint density at radius 2 is 2.33 bits per heavy atom. The highest BCUT2D eigenvalue weighted by Gasteiger charge is 2.02. The van der Waals surface area contributed by atoms with Crippen molar-refractivity contribution >= 4 is 10.9 Å². The van der Waals surface area contributed by atoms with Gasteiger partial charge in [0.15, 0.2) is 0 Å². The van der Waals surface area contributed by atoms with Gasteiger partial charge in [-0.3, -0.25) is 0 Å². The van der Waals surface area contributed by atoms with Crippen molar-refractivity contribution in [3.63, 3.8) is 0 Å². The zero-order valence-electron chi connectivity index (χ0n) is 6.46. The third kappa shape index (κ3) is 0.887. The molecule has 0 fully saturated rings. The Morgan fingerprint density at radius 3 is 3.08 bits per heavy atom. The molecule has 0 spiro atoms. The van der Waals surface area contributed by atoms with Crippen molar-refractivity contribution < 1.29 is 9.26 Å². The van der Waals surface area contributed by atoms with Crippen LogP contribution >= 0.6 is 0 Å². The highest BCUT2D eigenvalue weighted by molar-refractivity contribution is 5.78. The van der Waals surface area contributed by atoms with Gasteiger partial charge in [0.2, 0.25) is 0 Å². The summed E-state index contributed by atoms with van der Waals surface area (Å²) in [5, 5.41) is 3.03. The molecule has 0 aliphatic carbocycles. The molecule has 1 aromatic heterocycles. The van der Waals surface area contributed by atoms with Crippen LogP contribution in [0.25, 0.3) is 10.9 Å². The Hall–Kier alpha value is -1.71. The molecule has 0 saturated heterocycles. The first-order valence-electron chi connectivity index (χ1n) is 3.46. The van der Waals surface area contributed by atoms with Gasteiger partial charge in [-0.2, -0.15) is 0 Å². The predicted molar refractivity (Wildman–Crippen MR) is 43.4 cm³/mol. The van der Waals surface area contributed by atoms with E-state index >= 15 is 0 Å². The van der Waals surface area contributed by atoms with E-state index in [1.165, 1.54) is 0 Å². The Kier molecular flexibility index (Phi) is 1.40. The normalized spacial score (nSPS) is 10.4. The molecule has 1 N–H and O–H groups in total. The predicted octanol–water partition coefficient (Wildman–Crippen LogP) is 1.13. The third-order valence-corrected chi connectivity index (χ3v) is 1.70. The first kappa shape index (κ1) is 6.97. The van der Waals surface area contributed by atoms with Crippen molar-refractivity contribution in [3.05, 3.63) is 28.6 Å². The molecule has 1 aromatic carbocycles. The number of aromatic amines is 1. The molecule has 0 radical (unpaired) electrons. The Labute approximate surface area is 67.7 Å². The fraction of sp³-hybridized carbons (Fsp3) is 0.125. The summed E-state index contributed by atoms with van der Waals surface area (Å²) in [6, 6.07) is 5.09. The second-order valence-corrected chi connectivity index (χ2v) is 2.40. The number of aromatic nitrogens is 1. The summed E-state index contributed by atoms with van der Waals surface area (Å²) in [6.07, 6.45) is 0. The van der Waals surface area contributed by atoms with Gasteiger partial charge in [-0.1, -0.05) is 0 Å². The second kappa shape index (κ2) is 2.41. The molecule has 0 amide bonds. The van der Waals surface area contributed by atoms with Crippen LogP contribution in [-0.4, -0.2) is 12.3 Å². The van der Waals surface area contributed by atoms with Crippen molar-refractivity contribution in [2.45, 2.75) is 0 Å². The number of hydrogen-bond donors (Lipinski definition) is 1. The third-order valence-electron chi connectivity index (χ3n) is 1.70. The van der Waals surface area contributed by atoms with E-state index < -0.39 is 0 Å². The molecule has 4 nitrogen and oxygen atoms in total. The molecule has 0 aliphatic rings. The Balaban J connectivity index is 2.77. The largest absolute Gasteiger partial charge is 0.497 e. The van der Waals surface area contributed by atoms with Crippen LogP contribution < -0.4 is 10.4 Å². The summed E-state index contributed by atoms with van der Waals surface area (Å²) in [5.74, 6) is 0.694. The van der Waals surface area contributed by atoms with Gasteiger partial charge >= 0.3 is 5.63 Å². The van der Waals surface area contributed by atoms with E-state index in [1.54, 1.807) is 25.3 Å². The number of methoxy groups -OCH3 is 1. The van der Waals surface area contributed by atoms with Crippen molar-refractivity contribution in [3.8, 4) is 5.75 Å². The topological polar surface area (TPSA) is 55.2 Å². The average Bonchev–Trinajstić information content (AvgIpc) is 2.47. The summed E-state index contributed by atoms with van der Waals surface area (Å²) in [6.45, 7) is 0. The lowest BCUT2D eigenvalue weighted by atomic mass is 10.2. The number of benzene rings is 1. The molecule has 1 heterocycles. The first-order chi connectivity index (χ1) is 5.81. The standard InChI is InChI=1S/C8H7NO3/c1-11-5-2-3-6-7(4-5)9-12-8(6)10/h2-4,9H,1H3. The lowest BCUT2D eigenvalue weighted by Crippen LogP contribution is -1.90. The van der Waals surface area contributed by atoms with Crippen LogP contribution in [0.2, 0.25) is 0 Å². The van der Waals surface area contributed by atoms with Gasteiger partial charge in [0.05, 0.1) is 18.0 Å². The van der Waals surface area contributed by atoms with Gasteiger partial charge in [0, 0.05) is 6.07 Å². The zero-order valence-corrected chi connectivity index (χ0v) is 6.46. The van der Waals surface area contributed by atoms with Gasteiger partial charge in [-0.25, -0.2) is 9.95 Å². The van der Waals surface area contributed by atoms with Crippen LogP contribution in [0.3, 0.4) is 0 Å². The van der Waals surface area contributed by atoms with Crippen molar-refractivity contribution in [1.82, 2.24) is 5.16 Å². The van der Waals surface area contributed by atoms with Gasteiger partial charge < -0.3 is 9.26 Å². The van der Waals surface area contributed by atoms with E-state index in [2.05, 4.69) is 9.68 Å². The van der Waals surface area contributed by atoms with Gasteiger partial charge in [0.25, 0.3) is 0 Å². The first-order valence-corrected chi connectivity index (χ1v) is 3.46. The monoisotopic (exact) mass is 165 g/mol. The lowest BCUT2D eigenvalue weighted by Gasteiger charge is -1.95.